The Morgan fingerprint density at radius 3 is 2.47 bits per heavy atom. The lowest BCUT2D eigenvalue weighted by Crippen LogP contribution is -2.14. The van der Waals surface area contributed by atoms with Crippen LogP contribution in [0.4, 0.5) is 0 Å². The van der Waals surface area contributed by atoms with E-state index < -0.39 is 5.24 Å². The summed E-state index contributed by atoms with van der Waals surface area (Å²) in [4.78, 5) is 22.6. The van der Waals surface area contributed by atoms with E-state index in [1.165, 1.54) is 0 Å². The van der Waals surface area contributed by atoms with Crippen LogP contribution in [0.1, 0.15) is 27.6 Å². The molecule has 0 aliphatic heterocycles. The van der Waals surface area contributed by atoms with Crippen molar-refractivity contribution in [3.63, 3.8) is 0 Å². The second-order valence-electron chi connectivity index (χ2n) is 2.92. The number of carbonyl (C=O) groups excluding carboxylic acids is 2. The quantitative estimate of drug-likeness (QED) is 0.470. The van der Waals surface area contributed by atoms with Crippen molar-refractivity contribution in [2.45, 2.75) is 11.8 Å². The lowest BCUT2D eigenvalue weighted by Gasteiger charge is -2.08. The summed E-state index contributed by atoms with van der Waals surface area (Å²) in [5, 5.41) is -0.640. The van der Waals surface area contributed by atoms with E-state index in [4.69, 9.17) is 11.6 Å². The third-order valence-electron chi connectivity index (χ3n) is 1.84. The minimum absolute atomic E-state index is 0.166. The molecule has 0 saturated carbocycles. The Morgan fingerprint density at radius 2 is 2.00 bits per heavy atom. The summed E-state index contributed by atoms with van der Waals surface area (Å²) in [5.74, 6) is -0.166. The predicted octanol–water partition coefficient (Wildman–Crippen LogP) is 3.79. The molecule has 0 N–H and O–H groups in total. The van der Waals surface area contributed by atoms with Crippen LogP contribution < -0.4 is 0 Å². The molecule has 0 heterocycles. The van der Waals surface area contributed by atoms with Gasteiger partial charge in [-0.15, -0.1) is 0 Å². The van der Waals surface area contributed by atoms with Gasteiger partial charge in [-0.05, 0) is 40.5 Å². The van der Waals surface area contributed by atoms with Gasteiger partial charge in [-0.3, -0.25) is 9.59 Å². The van der Waals surface area contributed by atoms with Crippen molar-refractivity contribution < 1.29 is 9.59 Å². The van der Waals surface area contributed by atoms with E-state index in [9.17, 15) is 9.59 Å². The Labute approximate surface area is 109 Å². The molecule has 0 saturated heterocycles. The number of ketones is 1. The number of hydrogen-bond acceptors (Lipinski definition) is 2. The molecule has 0 amide bonds. The van der Waals surface area contributed by atoms with E-state index in [1.54, 1.807) is 25.1 Å². The summed E-state index contributed by atoms with van der Waals surface area (Å²) in [7, 11) is 0. The van der Waals surface area contributed by atoms with Gasteiger partial charge in [-0.1, -0.05) is 28.1 Å². The van der Waals surface area contributed by atoms with E-state index >= 15 is 0 Å². The number of hydrogen-bond donors (Lipinski definition) is 0. The van der Waals surface area contributed by atoms with Crippen molar-refractivity contribution in [1.29, 1.82) is 0 Å². The summed E-state index contributed by atoms with van der Waals surface area (Å²) >= 11 is 11.8. The summed E-state index contributed by atoms with van der Waals surface area (Å²) < 4.78 is 0.529. The Kier molecular flexibility index (Phi) is 4.49. The maximum absolute atomic E-state index is 11.7. The highest BCUT2D eigenvalue weighted by molar-refractivity contribution is 9.10. The fraction of sp³-hybridized carbons (Fsp3) is 0.200. The van der Waals surface area contributed by atoms with Gasteiger partial charge in [0.1, 0.15) is 0 Å². The van der Waals surface area contributed by atoms with Gasteiger partial charge in [0.2, 0.25) is 0 Å². The zero-order chi connectivity index (χ0) is 11.6. The highest BCUT2D eigenvalue weighted by Gasteiger charge is 2.20. The van der Waals surface area contributed by atoms with Gasteiger partial charge >= 0.3 is 0 Å². The normalized spacial score (nSPS) is 12.3. The minimum Gasteiger partial charge on any atom is -0.293 e. The molecule has 2 nitrogen and oxygen atoms in total. The summed E-state index contributed by atoms with van der Waals surface area (Å²) in [5.41, 5.74) is 0.546. The van der Waals surface area contributed by atoms with Crippen LogP contribution in [0.25, 0.3) is 0 Å². The molecule has 1 rings (SSSR count). The van der Waals surface area contributed by atoms with Crippen molar-refractivity contribution in [3.05, 3.63) is 33.8 Å². The first-order valence-electron chi connectivity index (χ1n) is 4.11. The highest BCUT2D eigenvalue weighted by Crippen LogP contribution is 2.24. The lowest BCUT2D eigenvalue weighted by molar-refractivity contribution is 0.0985. The molecular formula is C10H7Br2ClO2. The first kappa shape index (κ1) is 12.9. The van der Waals surface area contributed by atoms with E-state index in [-0.39, 0.29) is 16.2 Å². The van der Waals surface area contributed by atoms with E-state index in [0.29, 0.717) is 10.0 Å². The smallest absolute Gasteiger partial charge is 0.254 e. The van der Waals surface area contributed by atoms with Crippen molar-refractivity contribution in [2.75, 3.05) is 0 Å². The van der Waals surface area contributed by atoms with Gasteiger partial charge in [0.25, 0.3) is 5.24 Å². The maximum atomic E-state index is 11.7. The molecule has 80 valence electrons. The molecule has 0 radical (unpaired) electrons. The van der Waals surface area contributed by atoms with Crippen LogP contribution in [-0.2, 0) is 0 Å². The SMILES string of the molecule is CC(Br)C(=O)c1cccc(Br)c1C(=O)Cl. The van der Waals surface area contributed by atoms with Gasteiger partial charge in [0.15, 0.2) is 5.78 Å². The molecule has 0 aliphatic carbocycles. The van der Waals surface area contributed by atoms with Gasteiger partial charge in [0, 0.05) is 10.0 Å². The van der Waals surface area contributed by atoms with Gasteiger partial charge in [0.05, 0.1) is 10.4 Å². The first-order chi connectivity index (χ1) is 6.95. The van der Waals surface area contributed by atoms with Gasteiger partial charge < -0.3 is 0 Å². The average Bonchev–Trinajstić information content (AvgIpc) is 2.15. The largest absolute Gasteiger partial charge is 0.293 e. The number of carbonyl (C=O) groups is 2. The van der Waals surface area contributed by atoms with Gasteiger partial charge in [-0.25, -0.2) is 0 Å². The number of benzene rings is 1. The maximum Gasteiger partial charge on any atom is 0.254 e. The van der Waals surface area contributed by atoms with Gasteiger partial charge in [-0.2, -0.15) is 0 Å². The molecule has 15 heavy (non-hydrogen) atoms. The molecule has 0 bridgehead atoms. The number of alkyl halides is 1. The molecule has 0 spiro atoms. The van der Waals surface area contributed by atoms with Crippen molar-refractivity contribution in [2.24, 2.45) is 0 Å². The Balaban J connectivity index is 3.35. The van der Waals surface area contributed by atoms with E-state index in [1.807, 2.05) is 0 Å². The second-order valence-corrected chi connectivity index (χ2v) is 5.49. The van der Waals surface area contributed by atoms with E-state index in [0.717, 1.165) is 0 Å². The zero-order valence-corrected chi connectivity index (χ0v) is 11.7. The molecule has 0 fully saturated rings. The fourth-order valence-electron chi connectivity index (χ4n) is 1.14. The topological polar surface area (TPSA) is 34.1 Å². The third kappa shape index (κ3) is 2.89. The van der Waals surface area contributed by atoms with Crippen LogP contribution in [0.15, 0.2) is 22.7 Å². The van der Waals surface area contributed by atoms with Crippen LogP contribution >= 0.6 is 43.5 Å². The minimum atomic E-state index is -0.640. The Bertz CT molecular complexity index is 416. The zero-order valence-electron chi connectivity index (χ0n) is 7.76. The molecule has 1 atom stereocenters. The monoisotopic (exact) mass is 352 g/mol. The summed E-state index contributed by atoms with van der Waals surface area (Å²) in [6, 6.07) is 4.95. The van der Waals surface area contributed by atoms with Crippen LogP contribution in [0, 0.1) is 0 Å². The molecular weight excluding hydrogens is 347 g/mol. The summed E-state index contributed by atoms with van der Waals surface area (Å²) in [6.45, 7) is 1.70. The number of rotatable bonds is 3. The van der Waals surface area contributed by atoms with Crippen molar-refractivity contribution >= 4 is 54.5 Å². The second kappa shape index (κ2) is 5.23. The molecule has 0 aromatic heterocycles. The van der Waals surface area contributed by atoms with E-state index in [2.05, 4.69) is 31.9 Å². The van der Waals surface area contributed by atoms with Crippen molar-refractivity contribution in [3.8, 4) is 0 Å². The van der Waals surface area contributed by atoms with Crippen LogP contribution in [0.5, 0.6) is 0 Å². The van der Waals surface area contributed by atoms with Crippen LogP contribution in [0.2, 0.25) is 0 Å². The van der Waals surface area contributed by atoms with Crippen LogP contribution in [0.3, 0.4) is 0 Å². The highest BCUT2D eigenvalue weighted by atomic mass is 79.9. The molecule has 0 aliphatic rings. The van der Waals surface area contributed by atoms with Crippen molar-refractivity contribution in [1.82, 2.24) is 0 Å². The predicted molar refractivity (Wildman–Crippen MR) is 67.0 cm³/mol. The summed E-state index contributed by atoms with van der Waals surface area (Å²) in [6.07, 6.45) is 0. The average molecular weight is 354 g/mol. The molecule has 1 unspecified atom stereocenters. The number of halogens is 3. The third-order valence-corrected chi connectivity index (χ3v) is 3.10. The Hall–Kier alpha value is -0.190. The first-order valence-corrected chi connectivity index (χ1v) is 6.20. The fourth-order valence-corrected chi connectivity index (χ4v) is 2.25. The number of Topliss-reactive ketones (excluding diaryl/α,β-unsaturated/α-hetero) is 1. The molecule has 1 aromatic carbocycles. The molecule has 5 heteroatoms. The van der Waals surface area contributed by atoms with Crippen LogP contribution in [-0.4, -0.2) is 15.9 Å². The molecule has 1 aromatic rings. The lowest BCUT2D eigenvalue weighted by atomic mass is 10.0. The standard InChI is InChI=1S/C10H7Br2ClO2/c1-5(11)9(14)6-3-2-4-7(12)8(6)10(13)15/h2-5H,1H3. The Morgan fingerprint density at radius 1 is 1.40 bits per heavy atom.